The van der Waals surface area contributed by atoms with Gasteiger partial charge in [-0.25, -0.2) is 9.98 Å². The van der Waals surface area contributed by atoms with Gasteiger partial charge in [0.05, 0.1) is 13.1 Å². The maximum Gasteiger partial charge on any atom is 0.194 e. The Morgan fingerprint density at radius 3 is 2.70 bits per heavy atom. The molecule has 150 valence electrons. The lowest BCUT2D eigenvalue weighted by Gasteiger charge is -2.21. The molecule has 0 saturated heterocycles. The minimum absolute atomic E-state index is 0. The summed E-state index contributed by atoms with van der Waals surface area (Å²) in [5, 5.41) is 7.41. The van der Waals surface area contributed by atoms with E-state index in [0.717, 1.165) is 24.1 Å². The molecule has 0 atom stereocenters. The van der Waals surface area contributed by atoms with Gasteiger partial charge in [0, 0.05) is 20.6 Å². The summed E-state index contributed by atoms with van der Waals surface area (Å²) in [5.74, 6) is 3.09. The number of ether oxygens (including phenoxy) is 1. The largest absolute Gasteiger partial charge is 0.491 e. The summed E-state index contributed by atoms with van der Waals surface area (Å²) >= 11 is 0. The molecule has 2 rings (SSSR count). The molecule has 0 radical (unpaired) electrons. The summed E-state index contributed by atoms with van der Waals surface area (Å²) in [6.07, 6.45) is 1.56. The van der Waals surface area contributed by atoms with Gasteiger partial charge in [-0.2, -0.15) is 5.10 Å². The van der Waals surface area contributed by atoms with Gasteiger partial charge in [-0.3, -0.25) is 4.68 Å². The number of guanidine groups is 1. The molecular weight excluding hydrogens is 455 g/mol. The van der Waals surface area contributed by atoms with Crippen LogP contribution in [0.3, 0.4) is 0 Å². The summed E-state index contributed by atoms with van der Waals surface area (Å²) in [4.78, 5) is 11.0. The average molecular weight is 486 g/mol. The highest BCUT2D eigenvalue weighted by atomic mass is 127. The molecule has 1 heterocycles. The van der Waals surface area contributed by atoms with Crippen LogP contribution in [0.25, 0.3) is 0 Å². The molecule has 8 heteroatoms. The molecule has 0 unspecified atom stereocenters. The van der Waals surface area contributed by atoms with E-state index in [0.29, 0.717) is 25.6 Å². The van der Waals surface area contributed by atoms with Crippen molar-refractivity contribution in [2.45, 2.75) is 33.2 Å². The Bertz CT molecular complexity index is 716. The Hall–Kier alpha value is -1.84. The highest BCUT2D eigenvalue weighted by Crippen LogP contribution is 2.25. The average Bonchev–Trinajstić information content (AvgIpc) is 3.02. The first-order valence-electron chi connectivity index (χ1n) is 9.07. The van der Waals surface area contributed by atoms with E-state index in [1.807, 2.05) is 37.2 Å². The summed E-state index contributed by atoms with van der Waals surface area (Å²) in [7, 11) is 3.88. The molecule has 0 saturated carbocycles. The van der Waals surface area contributed by atoms with E-state index in [1.54, 1.807) is 11.0 Å². The number of nitrogens with zero attached hydrogens (tertiary/aromatic N) is 5. The Balaban J connectivity index is 0.00000364. The predicted molar refractivity (Wildman–Crippen MR) is 120 cm³/mol. The van der Waals surface area contributed by atoms with Crippen molar-refractivity contribution in [1.82, 2.24) is 25.0 Å². The summed E-state index contributed by atoms with van der Waals surface area (Å²) in [6.45, 7) is 8.96. The van der Waals surface area contributed by atoms with Crippen molar-refractivity contribution < 1.29 is 4.74 Å². The van der Waals surface area contributed by atoms with Gasteiger partial charge in [0.15, 0.2) is 5.96 Å². The maximum atomic E-state index is 5.95. The van der Waals surface area contributed by atoms with Crippen molar-refractivity contribution in [1.29, 1.82) is 0 Å². The van der Waals surface area contributed by atoms with Crippen LogP contribution < -0.4 is 10.1 Å². The number of aryl methyl sites for hydroxylation is 1. The van der Waals surface area contributed by atoms with Crippen LogP contribution in [0, 0.1) is 0 Å². The van der Waals surface area contributed by atoms with Crippen LogP contribution in [0.15, 0.2) is 35.6 Å². The van der Waals surface area contributed by atoms with Crippen molar-refractivity contribution in [2.75, 3.05) is 26.7 Å². The number of halogens is 1. The van der Waals surface area contributed by atoms with Gasteiger partial charge in [0.25, 0.3) is 0 Å². The number of aromatic nitrogens is 3. The lowest BCUT2D eigenvalue weighted by atomic mass is 10.0. The van der Waals surface area contributed by atoms with Crippen molar-refractivity contribution >= 4 is 29.9 Å². The van der Waals surface area contributed by atoms with E-state index < -0.39 is 0 Å². The first-order valence-corrected chi connectivity index (χ1v) is 9.07. The maximum absolute atomic E-state index is 5.95. The molecular formula is C19H31IN6O. The lowest BCUT2D eigenvalue weighted by molar-refractivity contribution is 0.322. The summed E-state index contributed by atoms with van der Waals surface area (Å²) in [5.41, 5.74) is 1.22. The number of benzene rings is 1. The molecule has 0 amide bonds. The molecule has 1 N–H and O–H groups in total. The SMILES string of the molecule is CCNC(=NCCOc1ccccc1C(C)C)N(C)Cc1ncnn1C.I. The standard InChI is InChI=1S/C19H30N6O.HI/c1-6-20-19(24(4)13-18-22-14-23-25(18)5)21-11-12-26-17-10-8-7-9-16(17)15(2)3;/h7-10,14-15H,6,11-13H2,1-5H3,(H,20,21);1H. The first-order chi connectivity index (χ1) is 12.5. The van der Waals surface area contributed by atoms with E-state index in [9.17, 15) is 0 Å². The topological polar surface area (TPSA) is 67.6 Å². The van der Waals surface area contributed by atoms with Gasteiger partial charge in [0.2, 0.25) is 0 Å². The minimum atomic E-state index is 0. The molecule has 27 heavy (non-hydrogen) atoms. The van der Waals surface area contributed by atoms with E-state index in [4.69, 9.17) is 4.74 Å². The smallest absolute Gasteiger partial charge is 0.194 e. The highest BCUT2D eigenvalue weighted by Gasteiger charge is 2.10. The van der Waals surface area contributed by atoms with Crippen molar-refractivity contribution in [3.8, 4) is 5.75 Å². The fourth-order valence-electron chi connectivity index (χ4n) is 2.62. The van der Waals surface area contributed by atoms with E-state index in [2.05, 4.69) is 47.2 Å². The minimum Gasteiger partial charge on any atom is -0.491 e. The van der Waals surface area contributed by atoms with E-state index >= 15 is 0 Å². The monoisotopic (exact) mass is 486 g/mol. The van der Waals surface area contributed by atoms with Crippen LogP contribution in [-0.4, -0.2) is 52.4 Å². The van der Waals surface area contributed by atoms with Crippen LogP contribution in [0.2, 0.25) is 0 Å². The van der Waals surface area contributed by atoms with Gasteiger partial charge >= 0.3 is 0 Å². The number of para-hydroxylation sites is 1. The number of nitrogens with one attached hydrogen (secondary N) is 1. The second kappa shape index (κ2) is 11.8. The molecule has 1 aromatic heterocycles. The number of hydrogen-bond donors (Lipinski definition) is 1. The second-order valence-electron chi connectivity index (χ2n) is 6.43. The van der Waals surface area contributed by atoms with E-state index in [1.165, 1.54) is 5.56 Å². The van der Waals surface area contributed by atoms with Crippen molar-refractivity contribution in [3.63, 3.8) is 0 Å². The zero-order valence-electron chi connectivity index (χ0n) is 16.8. The Morgan fingerprint density at radius 2 is 2.07 bits per heavy atom. The second-order valence-corrected chi connectivity index (χ2v) is 6.43. The molecule has 1 aromatic carbocycles. The van der Waals surface area contributed by atoms with Crippen LogP contribution in [0.1, 0.15) is 38.1 Å². The quantitative estimate of drug-likeness (QED) is 0.269. The Labute approximate surface area is 179 Å². The van der Waals surface area contributed by atoms with Crippen LogP contribution in [-0.2, 0) is 13.6 Å². The number of hydrogen-bond acceptors (Lipinski definition) is 4. The molecule has 0 bridgehead atoms. The summed E-state index contributed by atoms with van der Waals surface area (Å²) in [6, 6.07) is 8.18. The Kier molecular flexibility index (Phi) is 10.1. The highest BCUT2D eigenvalue weighted by molar-refractivity contribution is 14.0. The van der Waals surface area contributed by atoms with Crippen LogP contribution in [0.5, 0.6) is 5.75 Å². The van der Waals surface area contributed by atoms with Gasteiger partial charge < -0.3 is 15.0 Å². The number of rotatable bonds is 8. The molecule has 0 aliphatic heterocycles. The third-order valence-corrected chi connectivity index (χ3v) is 4.03. The number of aliphatic imine (C=N–C) groups is 1. The van der Waals surface area contributed by atoms with Gasteiger partial charge in [-0.15, -0.1) is 24.0 Å². The van der Waals surface area contributed by atoms with Gasteiger partial charge in [-0.05, 0) is 24.5 Å². The molecule has 0 aliphatic rings. The zero-order valence-corrected chi connectivity index (χ0v) is 19.2. The fourth-order valence-corrected chi connectivity index (χ4v) is 2.62. The van der Waals surface area contributed by atoms with Gasteiger partial charge in [-0.1, -0.05) is 32.0 Å². The molecule has 2 aromatic rings. The predicted octanol–water partition coefficient (Wildman–Crippen LogP) is 3.03. The normalized spacial score (nSPS) is 11.3. The van der Waals surface area contributed by atoms with Crippen molar-refractivity contribution in [2.24, 2.45) is 12.0 Å². The lowest BCUT2D eigenvalue weighted by Crippen LogP contribution is -2.39. The Morgan fingerprint density at radius 1 is 1.33 bits per heavy atom. The summed E-state index contributed by atoms with van der Waals surface area (Å²) < 4.78 is 7.72. The molecule has 0 fully saturated rings. The first kappa shape index (κ1) is 23.2. The fraction of sp³-hybridized carbons (Fsp3) is 0.526. The third-order valence-electron chi connectivity index (χ3n) is 4.03. The molecule has 0 aliphatic carbocycles. The molecule has 0 spiro atoms. The molecule has 7 nitrogen and oxygen atoms in total. The van der Waals surface area contributed by atoms with E-state index in [-0.39, 0.29) is 24.0 Å². The zero-order chi connectivity index (χ0) is 18.9. The van der Waals surface area contributed by atoms with Crippen LogP contribution >= 0.6 is 24.0 Å². The van der Waals surface area contributed by atoms with Crippen LogP contribution in [0.4, 0.5) is 0 Å². The van der Waals surface area contributed by atoms with Gasteiger partial charge in [0.1, 0.15) is 24.5 Å². The third kappa shape index (κ3) is 7.00. The van der Waals surface area contributed by atoms with Crippen molar-refractivity contribution in [3.05, 3.63) is 42.0 Å².